The summed E-state index contributed by atoms with van der Waals surface area (Å²) in [6, 6.07) is 19.9. The van der Waals surface area contributed by atoms with Crippen LogP contribution in [0, 0.1) is 11.6 Å². The number of aldehydes is 1. The summed E-state index contributed by atoms with van der Waals surface area (Å²) in [5.41, 5.74) is 5.50. The van der Waals surface area contributed by atoms with Gasteiger partial charge in [-0.15, -0.1) is 22.7 Å². The van der Waals surface area contributed by atoms with E-state index >= 15 is 0 Å². The molecule has 0 amide bonds. The lowest BCUT2D eigenvalue weighted by atomic mass is 10.2. The van der Waals surface area contributed by atoms with Crippen LogP contribution in [0.5, 0.6) is 0 Å². The lowest BCUT2D eigenvalue weighted by molar-refractivity contribution is -0.138. The maximum atomic E-state index is 13.2. The number of halogens is 4. The Morgan fingerprint density at radius 2 is 1.13 bits per heavy atom. The van der Waals surface area contributed by atoms with E-state index in [1.165, 1.54) is 81.5 Å². The maximum absolute atomic E-state index is 13.2. The predicted octanol–water partition coefficient (Wildman–Crippen LogP) is 10.9. The van der Waals surface area contributed by atoms with Gasteiger partial charge in [-0.3, -0.25) is 23.0 Å². The number of ether oxygens (including phenoxy) is 2. The van der Waals surface area contributed by atoms with Gasteiger partial charge in [0, 0.05) is 77.6 Å². The van der Waals surface area contributed by atoms with Crippen LogP contribution in [0.2, 0.25) is 0 Å². The number of carbonyl (C=O) groups is 3. The lowest BCUT2D eigenvalue weighted by Crippen LogP contribution is -2.13. The maximum Gasteiger partial charge on any atom is 0.341 e. The molecule has 16 nitrogen and oxygen atoms in total. The lowest BCUT2D eigenvalue weighted by Gasteiger charge is -2.16. The fourth-order valence-corrected chi connectivity index (χ4v) is 9.20. The summed E-state index contributed by atoms with van der Waals surface area (Å²) < 4.78 is 61.0. The van der Waals surface area contributed by atoms with Gasteiger partial charge in [0.05, 0.1) is 25.6 Å². The molecule has 2 aromatic carbocycles. The number of benzene rings is 2. The number of pyridine rings is 2. The van der Waals surface area contributed by atoms with Gasteiger partial charge in [-0.1, -0.05) is 0 Å². The first-order valence-electron chi connectivity index (χ1n) is 19.3. The molecule has 8 rings (SSSR count). The molecule has 0 fully saturated rings. The highest BCUT2D eigenvalue weighted by Crippen LogP contribution is 2.46. The van der Waals surface area contributed by atoms with Crippen molar-refractivity contribution in [3.05, 3.63) is 134 Å². The van der Waals surface area contributed by atoms with E-state index in [0.29, 0.717) is 28.0 Å². The third-order valence-electron chi connectivity index (χ3n) is 9.44. The summed E-state index contributed by atoms with van der Waals surface area (Å²) in [6.07, 6.45) is 7.10. The Balaban J connectivity index is 0.000000183. The smallest absolute Gasteiger partial charge is 0.341 e. The van der Waals surface area contributed by atoms with Gasteiger partial charge in [0.1, 0.15) is 52.1 Å². The van der Waals surface area contributed by atoms with Crippen LogP contribution in [0.15, 0.2) is 111 Å². The second-order valence-electron chi connectivity index (χ2n) is 13.6. The van der Waals surface area contributed by atoms with Crippen molar-refractivity contribution in [3.8, 4) is 22.5 Å². The zero-order valence-corrected chi connectivity index (χ0v) is 42.0. The first-order chi connectivity index (χ1) is 32.1. The Hall–Kier alpha value is -6.00. The summed E-state index contributed by atoms with van der Waals surface area (Å²) >= 11 is 9.83. The van der Waals surface area contributed by atoms with Crippen LogP contribution in [0.1, 0.15) is 16.2 Å². The Morgan fingerprint density at radius 1 is 0.687 bits per heavy atom. The van der Waals surface area contributed by atoms with E-state index in [1.54, 1.807) is 30.3 Å². The summed E-state index contributed by atoms with van der Waals surface area (Å²) in [5, 5.41) is 5.25. The van der Waals surface area contributed by atoms with E-state index in [-0.39, 0.29) is 17.8 Å². The largest absolute Gasteiger partial charge is 0.469 e. The molecular formula is C44H39Br2F2N8O8PS2. The molecule has 0 aliphatic heterocycles. The van der Waals surface area contributed by atoms with Crippen LogP contribution >= 0.6 is 62.1 Å². The highest BCUT2D eigenvalue weighted by Gasteiger charge is 2.26. The normalized spacial score (nSPS) is 11.2. The Labute approximate surface area is 407 Å². The molecule has 8 aromatic rings. The van der Waals surface area contributed by atoms with Crippen molar-refractivity contribution in [2.45, 2.75) is 0 Å². The van der Waals surface area contributed by atoms with E-state index in [9.17, 15) is 27.7 Å². The number of rotatable bonds is 13. The van der Waals surface area contributed by atoms with E-state index in [4.69, 9.17) is 9.72 Å². The third kappa shape index (κ3) is 12.3. The van der Waals surface area contributed by atoms with Gasteiger partial charge in [0.2, 0.25) is 0 Å². The highest BCUT2D eigenvalue weighted by atomic mass is 79.9. The van der Waals surface area contributed by atoms with Crippen LogP contribution in [0.25, 0.3) is 39.9 Å². The van der Waals surface area contributed by atoms with Crippen molar-refractivity contribution in [2.24, 2.45) is 0 Å². The highest BCUT2D eigenvalue weighted by molar-refractivity contribution is 9.10. The molecule has 0 aliphatic carbocycles. The summed E-state index contributed by atoms with van der Waals surface area (Å²) in [5.74, 6) is -0.271. The van der Waals surface area contributed by atoms with Gasteiger partial charge in [0.15, 0.2) is 16.5 Å². The van der Waals surface area contributed by atoms with E-state index < -0.39 is 19.5 Å². The molecule has 6 heterocycles. The number of esters is 2. The quantitative estimate of drug-likeness (QED) is 0.0462. The summed E-state index contributed by atoms with van der Waals surface area (Å²) in [6.45, 7) is 0. The molecule has 6 aromatic heterocycles. The van der Waals surface area contributed by atoms with Gasteiger partial charge < -0.3 is 28.3 Å². The van der Waals surface area contributed by atoms with Gasteiger partial charge in [-0.2, -0.15) is 0 Å². The number of thiazole rings is 2. The summed E-state index contributed by atoms with van der Waals surface area (Å²) in [4.78, 5) is 55.7. The number of fused-ring (bicyclic) bond motifs is 2. The molecule has 0 atom stereocenters. The summed E-state index contributed by atoms with van der Waals surface area (Å²) in [7, 11) is 5.46. The molecule has 67 heavy (non-hydrogen) atoms. The number of hydrogen-bond acceptors (Lipinski definition) is 16. The average molecular weight is 1100 g/mol. The van der Waals surface area contributed by atoms with Crippen LogP contribution in [-0.2, 0) is 32.7 Å². The monoisotopic (exact) mass is 1100 g/mol. The minimum atomic E-state index is -3.23. The zero-order chi connectivity index (χ0) is 48.4. The number of methoxy groups -OCH3 is 2. The van der Waals surface area contributed by atoms with E-state index in [0.717, 1.165) is 54.3 Å². The Kier molecular flexibility index (Phi) is 17.1. The van der Waals surface area contributed by atoms with Crippen molar-refractivity contribution in [1.29, 1.82) is 0 Å². The zero-order valence-electron chi connectivity index (χ0n) is 36.3. The van der Waals surface area contributed by atoms with Crippen molar-refractivity contribution in [1.82, 2.24) is 28.7 Å². The topological polar surface area (TPSA) is 172 Å². The van der Waals surface area contributed by atoms with Gasteiger partial charge in [0.25, 0.3) is 0 Å². The second kappa shape index (κ2) is 22.7. The molecule has 0 bridgehead atoms. The van der Waals surface area contributed by atoms with Crippen LogP contribution in [-0.4, -0.2) is 95.7 Å². The van der Waals surface area contributed by atoms with Crippen molar-refractivity contribution >= 4 is 120 Å². The van der Waals surface area contributed by atoms with Gasteiger partial charge in [-0.05, 0) is 111 Å². The SMILES string of the molecule is CN(c1nc(-c2ccc(F)cc2)cs1)c1c(C=O)nc2ccc(Br)cn12.COC(=O)/C=C/c1nc2ccc(Br)cn2c1N(C)c1nc(-c2ccc(F)cc2)cs1.COC(=O)CP(=O)(OC)OC. The molecular weight excluding hydrogens is 1060 g/mol. The van der Waals surface area contributed by atoms with Gasteiger partial charge >= 0.3 is 19.5 Å². The van der Waals surface area contributed by atoms with E-state index in [1.807, 2.05) is 80.1 Å². The first kappa shape index (κ1) is 50.4. The minimum Gasteiger partial charge on any atom is -0.469 e. The molecule has 0 saturated heterocycles. The van der Waals surface area contributed by atoms with E-state index in [2.05, 4.69) is 60.6 Å². The molecule has 0 aliphatic rings. The Morgan fingerprint density at radius 3 is 1.55 bits per heavy atom. The number of aromatic nitrogens is 6. The van der Waals surface area contributed by atoms with Crippen molar-refractivity contribution < 1.29 is 46.3 Å². The third-order valence-corrected chi connectivity index (χ3v) is 14.0. The molecule has 348 valence electrons. The minimum absolute atomic E-state index is 0.284. The molecule has 0 radical (unpaired) electrons. The standard InChI is InChI=1S/C21H16BrFN4O2S.C18H12BrFN4OS.C5H11O5P/c1-26(21-25-17(12-30-21)13-3-6-15(23)7-4-13)20-16(8-10-19(28)29-2)24-18-9-5-14(22)11-27(18)20;1-23(17-14(9-25)21-16-7-4-12(19)8-24(16)17)18-22-15(10-26-18)11-2-5-13(20)6-3-11;1-8-5(6)4-11(7,9-2)10-3/h3-12H,1-2H3;2-10H,1H3;4H2,1-3H3/b10-8+;;. The second-order valence-corrected chi connectivity index (χ2v) is 19.4. The van der Waals surface area contributed by atoms with Crippen molar-refractivity contribution in [3.63, 3.8) is 0 Å². The number of anilines is 4. The number of carbonyl (C=O) groups excluding carboxylic acids is 3. The van der Waals surface area contributed by atoms with Crippen molar-refractivity contribution in [2.75, 3.05) is 58.5 Å². The van der Waals surface area contributed by atoms with Gasteiger partial charge in [-0.25, -0.2) is 33.5 Å². The Bertz CT molecular complexity index is 3100. The van der Waals surface area contributed by atoms with Crippen LogP contribution < -0.4 is 9.80 Å². The fourth-order valence-electron chi connectivity index (χ4n) is 6.07. The molecule has 0 unspecified atom stereocenters. The molecule has 23 heteroatoms. The van der Waals surface area contributed by atoms with Crippen LogP contribution in [0.4, 0.5) is 30.7 Å². The first-order valence-corrected chi connectivity index (χ1v) is 24.4. The average Bonchev–Trinajstić information content (AvgIpc) is 4.16. The molecule has 0 spiro atoms. The molecule has 0 N–H and O–H groups in total. The number of imidazole rings is 2. The van der Waals surface area contributed by atoms with Crippen LogP contribution in [0.3, 0.4) is 0 Å². The molecule has 0 saturated carbocycles. The number of hydrogen-bond donors (Lipinski definition) is 0. The fraction of sp³-hybridized carbons (Fsp3) is 0.159. The predicted molar refractivity (Wildman–Crippen MR) is 262 cm³/mol. The number of nitrogens with zero attached hydrogens (tertiary/aromatic N) is 8.